The fraction of sp³-hybridized carbons (Fsp3) is 0.556. The zero-order chi connectivity index (χ0) is 27.4. The number of aliphatic hydroxyl groups excluding tert-OH is 2. The van der Waals surface area contributed by atoms with E-state index in [1.165, 1.54) is 55.4 Å². The van der Waals surface area contributed by atoms with Crippen LogP contribution in [0.3, 0.4) is 0 Å². The van der Waals surface area contributed by atoms with Crippen molar-refractivity contribution in [3.63, 3.8) is 0 Å². The summed E-state index contributed by atoms with van der Waals surface area (Å²) in [7, 11) is 2.00. The van der Waals surface area contributed by atoms with Crippen molar-refractivity contribution in [2.75, 3.05) is 14.2 Å². The number of nitrogens with one attached hydrogen (secondary N) is 8. The molecular formula is C18H40N12Ni2O2. The van der Waals surface area contributed by atoms with Crippen molar-refractivity contribution < 1.29 is 43.2 Å². The molecule has 0 heterocycles. The van der Waals surface area contributed by atoms with E-state index >= 15 is 0 Å². The zero-order valence-electron chi connectivity index (χ0n) is 21.3. The molecule has 0 amide bonds. The van der Waals surface area contributed by atoms with Gasteiger partial charge in [-0.3, -0.25) is 0 Å². The molecular weight excluding hydrogens is 534 g/mol. The molecule has 0 unspecified atom stereocenters. The van der Waals surface area contributed by atoms with Crippen LogP contribution < -0.4 is 0 Å². The van der Waals surface area contributed by atoms with Gasteiger partial charge in [-0.1, -0.05) is 23.3 Å². The number of rotatable bonds is 0. The summed E-state index contributed by atoms with van der Waals surface area (Å²) < 4.78 is 0. The molecule has 16 heteroatoms. The van der Waals surface area contributed by atoms with E-state index in [1.807, 2.05) is 0 Å². The van der Waals surface area contributed by atoms with Crippen molar-refractivity contribution in [3.05, 3.63) is 22.9 Å². The SMILES string of the molecule is CC(=N)N=C(C)[NH-].CC(=N)N=C(C)[NH-].CC(=N)N=C(C)[NH-].CC(=N)N=C(C)[NH-].CO.CO.[Ni+2].[Ni+2]. The molecule has 0 aromatic rings. The molecule has 204 valence electrons. The Morgan fingerprint density at radius 1 is 0.412 bits per heavy atom. The van der Waals surface area contributed by atoms with E-state index in [-0.39, 0.29) is 79.7 Å². The Morgan fingerprint density at radius 2 is 0.500 bits per heavy atom. The van der Waals surface area contributed by atoms with Gasteiger partial charge >= 0.3 is 33.0 Å². The molecule has 0 aromatic carbocycles. The molecule has 14 nitrogen and oxygen atoms in total. The average Bonchev–Trinajstić information content (AvgIpc) is 2.55. The summed E-state index contributed by atoms with van der Waals surface area (Å²) in [4.78, 5) is 13.8. The van der Waals surface area contributed by atoms with E-state index in [9.17, 15) is 0 Å². The molecule has 0 saturated carbocycles. The first-order chi connectivity index (χ1) is 14.5. The molecule has 34 heavy (non-hydrogen) atoms. The largest absolute Gasteiger partial charge is 2.00 e. The molecule has 0 radical (unpaired) electrons. The summed E-state index contributed by atoms with van der Waals surface area (Å²) in [5.41, 5.74) is 26.9. The Labute approximate surface area is 223 Å². The molecule has 0 spiro atoms. The summed E-state index contributed by atoms with van der Waals surface area (Å²) in [6.07, 6.45) is 0. The van der Waals surface area contributed by atoms with Crippen molar-refractivity contribution >= 4 is 46.7 Å². The third kappa shape index (κ3) is 132. The van der Waals surface area contributed by atoms with Gasteiger partial charge < -0.3 is 74.8 Å². The van der Waals surface area contributed by atoms with Gasteiger partial charge in [-0.15, -0.1) is 0 Å². The second-order valence-electron chi connectivity index (χ2n) is 5.13. The molecule has 0 aromatic heterocycles. The van der Waals surface area contributed by atoms with Crippen LogP contribution in [0.2, 0.25) is 0 Å². The Bertz CT molecular complexity index is 533. The molecule has 0 aliphatic rings. The minimum absolute atomic E-state index is 0. The van der Waals surface area contributed by atoms with Crippen molar-refractivity contribution in [2.24, 2.45) is 20.0 Å². The van der Waals surface area contributed by atoms with E-state index in [0.29, 0.717) is 0 Å². The number of aliphatic imine (C=N–C) groups is 4. The maximum absolute atomic E-state index is 7.00. The molecule has 0 aliphatic heterocycles. The van der Waals surface area contributed by atoms with Gasteiger partial charge in [-0.05, 0) is 55.4 Å². The van der Waals surface area contributed by atoms with Gasteiger partial charge in [-0.25, -0.2) is 0 Å². The second-order valence-corrected chi connectivity index (χ2v) is 5.13. The topological polar surface area (TPSA) is 281 Å². The van der Waals surface area contributed by atoms with E-state index in [0.717, 1.165) is 14.2 Å². The van der Waals surface area contributed by atoms with Gasteiger partial charge in [-0.2, -0.15) is 0 Å². The van der Waals surface area contributed by atoms with Gasteiger partial charge in [0.25, 0.3) is 0 Å². The minimum Gasteiger partial charge on any atom is -0.486 e. The summed E-state index contributed by atoms with van der Waals surface area (Å²) in [5.74, 6) is 1.50. The summed E-state index contributed by atoms with van der Waals surface area (Å²) in [6, 6.07) is 0. The van der Waals surface area contributed by atoms with Crippen LogP contribution in [0.15, 0.2) is 20.0 Å². The monoisotopic (exact) mass is 572 g/mol. The summed E-state index contributed by atoms with van der Waals surface area (Å²) in [5, 5.41) is 40.9. The number of aliphatic hydroxyl groups is 2. The van der Waals surface area contributed by atoms with Gasteiger partial charge in [0, 0.05) is 37.6 Å². The van der Waals surface area contributed by atoms with Crippen molar-refractivity contribution in [1.29, 1.82) is 21.6 Å². The van der Waals surface area contributed by atoms with Crippen LogP contribution in [0.5, 0.6) is 0 Å². The van der Waals surface area contributed by atoms with Crippen LogP contribution >= 0.6 is 0 Å². The molecule has 0 atom stereocenters. The van der Waals surface area contributed by atoms with Crippen LogP contribution in [0, 0.1) is 21.6 Å². The van der Waals surface area contributed by atoms with E-state index in [2.05, 4.69) is 20.0 Å². The molecule has 0 fully saturated rings. The van der Waals surface area contributed by atoms with E-state index in [4.69, 9.17) is 54.8 Å². The minimum atomic E-state index is 0. The van der Waals surface area contributed by atoms with Gasteiger partial charge in [0.2, 0.25) is 0 Å². The Hall–Kier alpha value is -2.53. The van der Waals surface area contributed by atoms with Crippen LogP contribution in [-0.4, -0.2) is 71.1 Å². The maximum Gasteiger partial charge on any atom is 2.00 e. The van der Waals surface area contributed by atoms with Crippen molar-refractivity contribution in [2.45, 2.75) is 55.4 Å². The second kappa shape index (κ2) is 40.8. The Kier molecular flexibility index (Phi) is 63.6. The van der Waals surface area contributed by atoms with Crippen molar-refractivity contribution in [1.82, 2.24) is 0 Å². The molecule has 0 saturated heterocycles. The maximum atomic E-state index is 7.00. The van der Waals surface area contributed by atoms with Crippen molar-refractivity contribution in [3.8, 4) is 0 Å². The first-order valence-electron chi connectivity index (χ1n) is 8.68. The van der Waals surface area contributed by atoms with Gasteiger partial charge in [0.05, 0.1) is 0 Å². The number of hydrogen-bond acceptors (Lipinski definition) is 6. The molecule has 0 aliphatic carbocycles. The van der Waals surface area contributed by atoms with Crippen LogP contribution in [0.1, 0.15) is 55.4 Å². The van der Waals surface area contributed by atoms with Gasteiger partial charge in [0.15, 0.2) is 0 Å². The predicted molar refractivity (Wildman–Crippen MR) is 140 cm³/mol. The van der Waals surface area contributed by atoms with Crippen LogP contribution in [0.25, 0.3) is 22.9 Å². The van der Waals surface area contributed by atoms with E-state index in [1.54, 1.807) is 0 Å². The fourth-order valence-corrected chi connectivity index (χ4v) is 1.01. The predicted octanol–water partition coefficient (Wildman–Crippen LogP) is 5.03. The molecule has 0 bridgehead atoms. The summed E-state index contributed by atoms with van der Waals surface area (Å²) >= 11 is 0. The fourth-order valence-electron chi connectivity index (χ4n) is 1.01. The zero-order valence-corrected chi connectivity index (χ0v) is 23.3. The quantitative estimate of drug-likeness (QED) is 0.132. The number of nitrogens with zero attached hydrogens (tertiary/aromatic N) is 4. The normalized spacial score (nSPS) is 9.76. The molecule has 0 rings (SSSR count). The summed E-state index contributed by atoms with van der Waals surface area (Å²) in [6.45, 7) is 12.3. The molecule has 10 N–H and O–H groups in total. The first-order valence-corrected chi connectivity index (χ1v) is 8.68. The van der Waals surface area contributed by atoms with Gasteiger partial charge in [0.1, 0.15) is 0 Å². The smallest absolute Gasteiger partial charge is 0.486 e. The third-order valence-corrected chi connectivity index (χ3v) is 1.34. The number of hydrogen-bond donors (Lipinski definition) is 6. The number of amidine groups is 8. The van der Waals surface area contributed by atoms with Crippen LogP contribution in [0.4, 0.5) is 0 Å². The van der Waals surface area contributed by atoms with E-state index < -0.39 is 0 Å². The van der Waals surface area contributed by atoms with Crippen LogP contribution in [-0.2, 0) is 33.0 Å². The first kappa shape index (κ1) is 53.0. The Morgan fingerprint density at radius 3 is 0.500 bits per heavy atom. The Balaban J connectivity index is -0.0000000412. The standard InChI is InChI=1S/4C4H8N3.2CH4O.2Ni/c4*1-3(5)7-4(2)6;2*1-2;;/h4*1-2H3,(H2-,5,6,7);2*2H,1H3;;/q4*-1;;;2*+2. The average molecular weight is 574 g/mol. The third-order valence-electron chi connectivity index (χ3n) is 1.34.